The maximum absolute atomic E-state index is 3.77. The van der Waals surface area contributed by atoms with Crippen LogP contribution in [0.2, 0.25) is 0 Å². The summed E-state index contributed by atoms with van der Waals surface area (Å²) < 4.78 is 1.18. The Hall–Kier alpha value is -0.340. The van der Waals surface area contributed by atoms with E-state index < -0.39 is 0 Å². The van der Waals surface area contributed by atoms with E-state index in [9.17, 15) is 0 Å². The molecule has 0 saturated carbocycles. The fourth-order valence-electron chi connectivity index (χ4n) is 2.98. The van der Waals surface area contributed by atoms with Crippen molar-refractivity contribution in [2.24, 2.45) is 5.92 Å². The van der Waals surface area contributed by atoms with Crippen LogP contribution in [0.3, 0.4) is 0 Å². The first-order chi connectivity index (χ1) is 10.1. The van der Waals surface area contributed by atoms with Crippen LogP contribution in [0.15, 0.2) is 22.7 Å². The number of hydrogen-bond acceptors (Lipinski definition) is 1. The molecule has 0 aliphatic heterocycles. The summed E-state index contributed by atoms with van der Waals surface area (Å²) in [5.74, 6) is 0.836. The lowest BCUT2D eigenvalue weighted by atomic mass is 9.88. The van der Waals surface area contributed by atoms with Crippen LogP contribution >= 0.6 is 15.9 Å². The van der Waals surface area contributed by atoms with Crippen LogP contribution < -0.4 is 5.32 Å². The van der Waals surface area contributed by atoms with E-state index in [0.717, 1.165) is 12.5 Å². The molecule has 1 nitrogen and oxygen atoms in total. The second-order valence-electron chi connectivity index (χ2n) is 6.16. The van der Waals surface area contributed by atoms with Crippen LogP contribution in [0.25, 0.3) is 0 Å². The molecule has 1 rings (SSSR count). The number of aryl methyl sites for hydroxylation is 1. The molecule has 0 fully saturated rings. The van der Waals surface area contributed by atoms with Crippen molar-refractivity contribution in [1.82, 2.24) is 5.32 Å². The van der Waals surface area contributed by atoms with Gasteiger partial charge in [-0.3, -0.25) is 0 Å². The first-order valence-corrected chi connectivity index (χ1v) is 9.41. The van der Waals surface area contributed by atoms with Crippen molar-refractivity contribution < 1.29 is 0 Å². The van der Waals surface area contributed by atoms with Crippen molar-refractivity contribution in [3.8, 4) is 0 Å². The molecule has 0 bridgehead atoms. The SMILES string of the molecule is CCCCC(CC)CC(NCCC)c1ccc(Br)cc1C. The van der Waals surface area contributed by atoms with Crippen molar-refractivity contribution >= 4 is 15.9 Å². The molecule has 2 atom stereocenters. The van der Waals surface area contributed by atoms with Gasteiger partial charge in [0.25, 0.3) is 0 Å². The number of unbranched alkanes of at least 4 members (excludes halogenated alkanes) is 1. The Kier molecular flexibility index (Phi) is 9.26. The highest BCUT2D eigenvalue weighted by Crippen LogP contribution is 2.29. The highest BCUT2D eigenvalue weighted by atomic mass is 79.9. The van der Waals surface area contributed by atoms with Gasteiger partial charge in [-0.2, -0.15) is 0 Å². The van der Waals surface area contributed by atoms with Gasteiger partial charge < -0.3 is 5.32 Å². The van der Waals surface area contributed by atoms with E-state index in [4.69, 9.17) is 0 Å². The molecular formula is C19H32BrN. The van der Waals surface area contributed by atoms with Gasteiger partial charge in [0.1, 0.15) is 0 Å². The number of nitrogens with one attached hydrogen (secondary N) is 1. The third-order valence-electron chi connectivity index (χ3n) is 4.36. The molecule has 120 valence electrons. The molecule has 1 N–H and O–H groups in total. The molecule has 2 unspecified atom stereocenters. The Morgan fingerprint density at radius 2 is 1.90 bits per heavy atom. The largest absolute Gasteiger partial charge is 0.310 e. The van der Waals surface area contributed by atoms with Crippen molar-refractivity contribution in [1.29, 1.82) is 0 Å². The van der Waals surface area contributed by atoms with E-state index in [1.807, 2.05) is 0 Å². The average Bonchev–Trinajstić information content (AvgIpc) is 2.47. The monoisotopic (exact) mass is 353 g/mol. The van der Waals surface area contributed by atoms with E-state index in [2.05, 4.69) is 67.1 Å². The topological polar surface area (TPSA) is 12.0 Å². The molecule has 1 aromatic carbocycles. The normalized spacial score (nSPS) is 14.1. The van der Waals surface area contributed by atoms with Gasteiger partial charge in [-0.1, -0.05) is 68.5 Å². The summed E-state index contributed by atoms with van der Waals surface area (Å²) in [5.41, 5.74) is 2.87. The van der Waals surface area contributed by atoms with Gasteiger partial charge in [-0.15, -0.1) is 0 Å². The van der Waals surface area contributed by atoms with Crippen molar-refractivity contribution in [2.75, 3.05) is 6.54 Å². The minimum absolute atomic E-state index is 0.500. The standard InChI is InChI=1S/C19H32BrN/c1-5-8-9-16(7-3)14-19(21-12-6-2)18-11-10-17(20)13-15(18)4/h10-11,13,16,19,21H,5-9,12,14H2,1-4H3. The van der Waals surface area contributed by atoms with Crippen LogP contribution in [-0.4, -0.2) is 6.54 Å². The van der Waals surface area contributed by atoms with Gasteiger partial charge in [-0.05, 0) is 55.5 Å². The zero-order chi connectivity index (χ0) is 15.7. The molecule has 0 radical (unpaired) electrons. The molecular weight excluding hydrogens is 322 g/mol. The van der Waals surface area contributed by atoms with Crippen molar-refractivity contribution in [2.45, 2.75) is 72.3 Å². The van der Waals surface area contributed by atoms with Crippen LogP contribution in [0.4, 0.5) is 0 Å². The first kappa shape index (κ1) is 18.7. The first-order valence-electron chi connectivity index (χ1n) is 8.61. The number of benzene rings is 1. The second kappa shape index (κ2) is 10.4. The quantitative estimate of drug-likeness (QED) is 0.512. The summed E-state index contributed by atoms with van der Waals surface area (Å²) in [6.45, 7) is 10.2. The van der Waals surface area contributed by atoms with E-state index >= 15 is 0 Å². The summed E-state index contributed by atoms with van der Waals surface area (Å²) in [6, 6.07) is 7.21. The lowest BCUT2D eigenvalue weighted by Gasteiger charge is -2.26. The zero-order valence-corrected chi connectivity index (χ0v) is 15.8. The van der Waals surface area contributed by atoms with Gasteiger partial charge in [0.15, 0.2) is 0 Å². The van der Waals surface area contributed by atoms with Crippen LogP contribution in [0.1, 0.15) is 76.5 Å². The molecule has 0 aliphatic rings. The van der Waals surface area contributed by atoms with Crippen molar-refractivity contribution in [3.63, 3.8) is 0 Å². The lowest BCUT2D eigenvalue weighted by Crippen LogP contribution is -2.25. The molecule has 2 heteroatoms. The molecule has 0 aliphatic carbocycles. The highest BCUT2D eigenvalue weighted by molar-refractivity contribution is 9.10. The Bertz CT molecular complexity index is 403. The van der Waals surface area contributed by atoms with Gasteiger partial charge in [0.05, 0.1) is 0 Å². The molecule has 0 amide bonds. The highest BCUT2D eigenvalue weighted by Gasteiger charge is 2.18. The van der Waals surface area contributed by atoms with Crippen molar-refractivity contribution in [3.05, 3.63) is 33.8 Å². The maximum atomic E-state index is 3.77. The van der Waals surface area contributed by atoms with E-state index in [-0.39, 0.29) is 0 Å². The Morgan fingerprint density at radius 1 is 1.14 bits per heavy atom. The van der Waals surface area contributed by atoms with E-state index in [1.165, 1.54) is 54.1 Å². The molecule has 21 heavy (non-hydrogen) atoms. The molecule has 0 aromatic heterocycles. The van der Waals surface area contributed by atoms with Crippen LogP contribution in [0, 0.1) is 12.8 Å². The molecule has 0 heterocycles. The second-order valence-corrected chi connectivity index (χ2v) is 7.08. The average molecular weight is 354 g/mol. The van der Waals surface area contributed by atoms with Gasteiger partial charge in [0.2, 0.25) is 0 Å². The fraction of sp³-hybridized carbons (Fsp3) is 0.684. The Morgan fingerprint density at radius 3 is 2.48 bits per heavy atom. The predicted molar refractivity (Wildman–Crippen MR) is 97.8 cm³/mol. The summed E-state index contributed by atoms with van der Waals surface area (Å²) in [6.07, 6.45) is 7.78. The number of halogens is 1. The van der Waals surface area contributed by atoms with Gasteiger partial charge in [-0.25, -0.2) is 0 Å². The lowest BCUT2D eigenvalue weighted by molar-refractivity contribution is 0.353. The molecule has 0 saturated heterocycles. The van der Waals surface area contributed by atoms with Gasteiger partial charge >= 0.3 is 0 Å². The van der Waals surface area contributed by atoms with E-state index in [0.29, 0.717) is 6.04 Å². The Balaban J connectivity index is 2.83. The summed E-state index contributed by atoms with van der Waals surface area (Å²) >= 11 is 3.58. The zero-order valence-electron chi connectivity index (χ0n) is 14.2. The minimum atomic E-state index is 0.500. The Labute approximate surface area is 140 Å². The van der Waals surface area contributed by atoms with Gasteiger partial charge in [0, 0.05) is 10.5 Å². The predicted octanol–water partition coefficient (Wildman–Crippen LogP) is 6.40. The third kappa shape index (κ3) is 6.52. The summed E-state index contributed by atoms with van der Waals surface area (Å²) in [5, 5.41) is 3.77. The number of hydrogen-bond donors (Lipinski definition) is 1. The summed E-state index contributed by atoms with van der Waals surface area (Å²) in [4.78, 5) is 0. The van der Waals surface area contributed by atoms with Crippen LogP contribution in [-0.2, 0) is 0 Å². The molecule has 1 aromatic rings. The fourth-order valence-corrected chi connectivity index (χ4v) is 3.46. The summed E-state index contributed by atoms with van der Waals surface area (Å²) in [7, 11) is 0. The van der Waals surface area contributed by atoms with E-state index in [1.54, 1.807) is 0 Å². The number of rotatable bonds is 10. The minimum Gasteiger partial charge on any atom is -0.310 e. The third-order valence-corrected chi connectivity index (χ3v) is 4.85. The maximum Gasteiger partial charge on any atom is 0.0325 e. The molecule has 0 spiro atoms. The van der Waals surface area contributed by atoms with Crippen LogP contribution in [0.5, 0.6) is 0 Å². The smallest absolute Gasteiger partial charge is 0.0325 e.